The van der Waals surface area contributed by atoms with E-state index < -0.39 is 5.54 Å². The highest BCUT2D eigenvalue weighted by atomic mass is 16.2. The van der Waals surface area contributed by atoms with E-state index in [0.29, 0.717) is 23.4 Å². The first-order chi connectivity index (χ1) is 13.1. The number of Topliss-reactive ketones (excluding diaryl/α,β-unsaturated/α-hetero) is 1. The lowest BCUT2D eigenvalue weighted by atomic mass is 9.77. The van der Waals surface area contributed by atoms with Crippen molar-refractivity contribution in [3.05, 3.63) is 102 Å². The van der Waals surface area contributed by atoms with Gasteiger partial charge in [-0.15, -0.1) is 0 Å². The average Bonchev–Trinajstić information content (AvgIpc) is 2.74. The number of nitrogens with one attached hydrogen (secondary N) is 1. The van der Waals surface area contributed by atoms with Crippen molar-refractivity contribution < 1.29 is 9.59 Å². The molecule has 4 nitrogen and oxygen atoms in total. The normalized spacial score (nSPS) is 19.1. The Hall–Kier alpha value is -3.24. The second kappa shape index (κ2) is 6.82. The van der Waals surface area contributed by atoms with Crippen molar-refractivity contribution in [2.45, 2.75) is 12.1 Å². The Balaban J connectivity index is 1.85. The lowest BCUT2D eigenvalue weighted by Crippen LogP contribution is -2.62. The number of para-hydroxylation sites is 1. The molecule has 1 unspecified atom stereocenters. The third-order valence-electron chi connectivity index (χ3n) is 5.08. The Kier molecular flexibility index (Phi) is 4.34. The molecule has 4 rings (SSSR count). The number of carbonyl (C=O) groups is 2. The lowest BCUT2D eigenvalue weighted by molar-refractivity contribution is -0.123. The van der Waals surface area contributed by atoms with E-state index in [1.807, 2.05) is 72.8 Å². The minimum absolute atomic E-state index is 0.219. The summed E-state index contributed by atoms with van der Waals surface area (Å²) in [6.07, 6.45) is 0. The van der Waals surface area contributed by atoms with Gasteiger partial charge in [-0.3, -0.25) is 14.9 Å². The molecule has 3 aromatic carbocycles. The Bertz CT molecular complexity index is 986. The van der Waals surface area contributed by atoms with E-state index in [4.69, 9.17) is 0 Å². The molecular weight excluding hydrogens is 336 g/mol. The van der Waals surface area contributed by atoms with Gasteiger partial charge in [0.2, 0.25) is 0 Å². The van der Waals surface area contributed by atoms with Crippen molar-refractivity contribution in [3.63, 3.8) is 0 Å². The summed E-state index contributed by atoms with van der Waals surface area (Å²) in [4.78, 5) is 28.7. The van der Waals surface area contributed by atoms with E-state index in [-0.39, 0.29) is 11.7 Å². The molecule has 4 heteroatoms. The highest BCUT2D eigenvalue weighted by Gasteiger charge is 2.53. The number of carbonyl (C=O) groups excluding carboxylic acids is 2. The van der Waals surface area contributed by atoms with Gasteiger partial charge in [-0.05, 0) is 23.3 Å². The summed E-state index contributed by atoms with van der Waals surface area (Å²) in [5.41, 5.74) is 1.40. The molecule has 1 aliphatic heterocycles. The number of nitrogens with zero attached hydrogens (tertiary/aromatic N) is 1. The molecule has 134 valence electrons. The van der Waals surface area contributed by atoms with E-state index in [2.05, 4.69) is 5.32 Å². The first-order valence-electron chi connectivity index (χ1n) is 8.91. The molecule has 1 N–H and O–H groups in total. The van der Waals surface area contributed by atoms with Crippen molar-refractivity contribution in [3.8, 4) is 0 Å². The lowest BCUT2D eigenvalue weighted by Gasteiger charge is -2.40. The fourth-order valence-electron chi connectivity index (χ4n) is 3.65. The molecule has 0 saturated carbocycles. The molecule has 1 aliphatic rings. The Morgan fingerprint density at radius 1 is 0.815 bits per heavy atom. The monoisotopic (exact) mass is 356 g/mol. The number of likely N-dealkylation sites (N-methyl/N-ethyl adjacent to an activating group) is 1. The van der Waals surface area contributed by atoms with Crippen LogP contribution in [0.25, 0.3) is 0 Å². The molecule has 3 aromatic rings. The Morgan fingerprint density at radius 2 is 1.41 bits per heavy atom. The summed E-state index contributed by atoms with van der Waals surface area (Å²) in [5.74, 6) is -0.489. The predicted octanol–water partition coefficient (Wildman–Crippen LogP) is 3.53. The predicted molar refractivity (Wildman–Crippen MR) is 106 cm³/mol. The zero-order valence-corrected chi connectivity index (χ0v) is 15.1. The molecule has 1 amide bonds. The van der Waals surface area contributed by atoms with Gasteiger partial charge in [-0.25, -0.2) is 0 Å². The van der Waals surface area contributed by atoms with Crippen LogP contribution in [0.4, 0.5) is 5.69 Å². The number of rotatable bonds is 4. The van der Waals surface area contributed by atoms with E-state index in [1.165, 1.54) is 0 Å². The van der Waals surface area contributed by atoms with Crippen LogP contribution in [0, 0.1) is 0 Å². The van der Waals surface area contributed by atoms with Gasteiger partial charge in [0.25, 0.3) is 5.91 Å². The summed E-state index contributed by atoms with van der Waals surface area (Å²) in [5, 5.41) is 3.30. The van der Waals surface area contributed by atoms with E-state index in [0.717, 1.165) is 5.56 Å². The minimum Gasteiger partial charge on any atom is -0.312 e. The van der Waals surface area contributed by atoms with Gasteiger partial charge >= 0.3 is 0 Å². The minimum atomic E-state index is -1.44. The summed E-state index contributed by atoms with van der Waals surface area (Å²) >= 11 is 0. The van der Waals surface area contributed by atoms with Crippen LogP contribution in [-0.2, 0) is 16.9 Å². The highest BCUT2D eigenvalue weighted by Crippen LogP contribution is 2.38. The maximum atomic E-state index is 13.6. The molecule has 0 aromatic heterocycles. The third kappa shape index (κ3) is 2.75. The summed E-state index contributed by atoms with van der Waals surface area (Å²) in [7, 11) is 1.72. The fraction of sp³-hybridized carbons (Fsp3) is 0.130. The van der Waals surface area contributed by atoms with Gasteiger partial charge in [-0.1, -0.05) is 72.8 Å². The van der Waals surface area contributed by atoms with Gasteiger partial charge in [0, 0.05) is 19.2 Å². The largest absolute Gasteiger partial charge is 0.312 e. The van der Waals surface area contributed by atoms with Crippen LogP contribution in [0.15, 0.2) is 84.9 Å². The molecule has 1 heterocycles. The first kappa shape index (κ1) is 17.2. The van der Waals surface area contributed by atoms with E-state index in [9.17, 15) is 9.59 Å². The maximum Gasteiger partial charge on any atom is 0.259 e. The molecule has 0 aliphatic carbocycles. The van der Waals surface area contributed by atoms with Gasteiger partial charge < -0.3 is 4.90 Å². The second-order valence-electron chi connectivity index (χ2n) is 6.67. The fourth-order valence-corrected chi connectivity index (χ4v) is 3.65. The van der Waals surface area contributed by atoms with E-state index >= 15 is 0 Å². The van der Waals surface area contributed by atoms with Crippen LogP contribution in [0.3, 0.4) is 0 Å². The Labute approximate surface area is 158 Å². The van der Waals surface area contributed by atoms with Gasteiger partial charge in [-0.2, -0.15) is 0 Å². The third-order valence-corrected chi connectivity index (χ3v) is 5.08. The summed E-state index contributed by atoms with van der Waals surface area (Å²) < 4.78 is 0. The first-order valence-corrected chi connectivity index (χ1v) is 8.91. The van der Waals surface area contributed by atoms with Crippen molar-refractivity contribution in [1.29, 1.82) is 0 Å². The van der Waals surface area contributed by atoms with Gasteiger partial charge in [0.1, 0.15) is 0 Å². The van der Waals surface area contributed by atoms with Crippen LogP contribution in [0.2, 0.25) is 0 Å². The molecule has 0 spiro atoms. The molecule has 0 fully saturated rings. The quantitative estimate of drug-likeness (QED) is 0.728. The van der Waals surface area contributed by atoms with Crippen molar-refractivity contribution in [2.75, 3.05) is 11.9 Å². The maximum absolute atomic E-state index is 13.6. The van der Waals surface area contributed by atoms with Crippen molar-refractivity contribution in [1.82, 2.24) is 5.32 Å². The zero-order chi connectivity index (χ0) is 18.9. The van der Waals surface area contributed by atoms with Gasteiger partial charge in [0.15, 0.2) is 11.3 Å². The van der Waals surface area contributed by atoms with Gasteiger partial charge in [0.05, 0.1) is 5.69 Å². The standard InChI is InChI=1S/C23H20N2O2/c1-25-20-15-9-8-14-19(20)21(26)23(22(25)27,18-12-6-3-7-13-18)24-16-17-10-4-2-5-11-17/h2-15,24H,16H2,1H3. The number of ketones is 1. The molecule has 0 saturated heterocycles. The average molecular weight is 356 g/mol. The zero-order valence-electron chi connectivity index (χ0n) is 15.1. The van der Waals surface area contributed by atoms with Crippen LogP contribution in [-0.4, -0.2) is 18.7 Å². The molecule has 1 atom stereocenters. The SMILES string of the molecule is CN1C(=O)C(NCc2ccccc2)(c2ccccc2)C(=O)c2ccccc21. The summed E-state index contributed by atoms with van der Waals surface area (Å²) in [6, 6.07) is 26.3. The van der Waals surface area contributed by atoms with Crippen LogP contribution in [0.5, 0.6) is 0 Å². The topological polar surface area (TPSA) is 49.4 Å². The van der Waals surface area contributed by atoms with Crippen molar-refractivity contribution >= 4 is 17.4 Å². The number of benzene rings is 3. The number of amides is 1. The van der Waals surface area contributed by atoms with Crippen LogP contribution >= 0.6 is 0 Å². The Morgan fingerprint density at radius 3 is 2.11 bits per heavy atom. The number of hydrogen-bond donors (Lipinski definition) is 1. The summed E-state index contributed by atoms with van der Waals surface area (Å²) in [6.45, 7) is 0.406. The van der Waals surface area contributed by atoms with Crippen LogP contribution in [0.1, 0.15) is 21.5 Å². The highest BCUT2D eigenvalue weighted by molar-refractivity contribution is 6.28. The second-order valence-corrected chi connectivity index (χ2v) is 6.67. The number of hydrogen-bond acceptors (Lipinski definition) is 3. The molecule has 27 heavy (non-hydrogen) atoms. The molecule has 0 radical (unpaired) electrons. The van der Waals surface area contributed by atoms with Crippen LogP contribution < -0.4 is 10.2 Å². The van der Waals surface area contributed by atoms with Crippen molar-refractivity contribution in [2.24, 2.45) is 0 Å². The smallest absolute Gasteiger partial charge is 0.259 e. The number of fused-ring (bicyclic) bond motifs is 1. The molecule has 0 bridgehead atoms. The van der Waals surface area contributed by atoms with E-state index in [1.54, 1.807) is 24.1 Å². The number of anilines is 1. The molecular formula is C23H20N2O2.